The van der Waals surface area contributed by atoms with Crippen LogP contribution in [0.3, 0.4) is 0 Å². The highest BCUT2D eigenvalue weighted by atomic mass is 19.4. The number of nitrogens with one attached hydrogen (secondary N) is 1. The second-order valence-electron chi connectivity index (χ2n) is 6.73. The van der Waals surface area contributed by atoms with Gasteiger partial charge >= 0.3 is 6.18 Å². The first-order valence-electron chi connectivity index (χ1n) is 8.70. The predicted molar refractivity (Wildman–Crippen MR) is 87.7 cm³/mol. The third-order valence-electron chi connectivity index (χ3n) is 5.18. The van der Waals surface area contributed by atoms with Crippen LogP contribution in [0, 0.1) is 0 Å². The largest absolute Gasteiger partial charge is 0.496 e. The average molecular weight is 356 g/mol. The predicted octanol–water partition coefficient (Wildman–Crippen LogP) is 3.46. The first kappa shape index (κ1) is 18.0. The lowest BCUT2D eigenvalue weighted by molar-refractivity contribution is -0.137. The van der Waals surface area contributed by atoms with E-state index in [4.69, 9.17) is 4.74 Å². The Morgan fingerprint density at radius 2 is 1.92 bits per heavy atom. The molecule has 2 atom stereocenters. The Balaban J connectivity index is 1.74. The van der Waals surface area contributed by atoms with Gasteiger partial charge in [-0.05, 0) is 63.4 Å². The number of methoxy groups -OCH3 is 1. The standard InChI is InChI=1S/C18H23F3N2O2/c1-25-16-11-12(18(19,20)21)7-8-13(16)17(24)22-14-5-4-6-15(14)23-9-2-3-10-23/h7-8,11,14-15H,2-6,9-10H2,1H3,(H,22,24)/t14-,15+/m0/s1. The van der Waals surface area contributed by atoms with E-state index in [0.29, 0.717) is 6.04 Å². The van der Waals surface area contributed by atoms with Crippen molar-refractivity contribution in [3.05, 3.63) is 29.3 Å². The lowest BCUT2D eigenvalue weighted by Crippen LogP contribution is -2.47. The summed E-state index contributed by atoms with van der Waals surface area (Å²) in [7, 11) is 1.27. The summed E-state index contributed by atoms with van der Waals surface area (Å²) in [6.45, 7) is 2.11. The molecule has 1 amide bonds. The number of ether oxygens (including phenoxy) is 1. The molecule has 1 N–H and O–H groups in total. The summed E-state index contributed by atoms with van der Waals surface area (Å²) >= 11 is 0. The zero-order valence-corrected chi connectivity index (χ0v) is 14.2. The Bertz CT molecular complexity index is 627. The number of nitrogens with zero attached hydrogens (tertiary/aromatic N) is 1. The van der Waals surface area contributed by atoms with Gasteiger partial charge in [-0.15, -0.1) is 0 Å². The maximum absolute atomic E-state index is 12.8. The topological polar surface area (TPSA) is 41.6 Å². The summed E-state index contributed by atoms with van der Waals surface area (Å²) < 4.78 is 43.5. The Labute approximate surface area is 145 Å². The normalized spacial score (nSPS) is 24.5. The minimum atomic E-state index is -4.46. The Morgan fingerprint density at radius 3 is 2.56 bits per heavy atom. The smallest absolute Gasteiger partial charge is 0.416 e. The second-order valence-corrected chi connectivity index (χ2v) is 6.73. The fourth-order valence-electron chi connectivity index (χ4n) is 3.92. The van der Waals surface area contributed by atoms with E-state index in [9.17, 15) is 18.0 Å². The van der Waals surface area contributed by atoms with Crippen LogP contribution < -0.4 is 10.1 Å². The van der Waals surface area contributed by atoms with Crippen LogP contribution in [-0.2, 0) is 6.18 Å². The van der Waals surface area contributed by atoms with Crippen LogP contribution >= 0.6 is 0 Å². The molecule has 0 aromatic heterocycles. The van der Waals surface area contributed by atoms with Crippen molar-refractivity contribution in [3.8, 4) is 5.75 Å². The summed E-state index contributed by atoms with van der Waals surface area (Å²) in [4.78, 5) is 15.0. The summed E-state index contributed by atoms with van der Waals surface area (Å²) in [5.74, 6) is -0.426. The second kappa shape index (κ2) is 7.23. The van der Waals surface area contributed by atoms with E-state index in [1.807, 2.05) is 0 Å². The summed E-state index contributed by atoms with van der Waals surface area (Å²) in [6, 6.07) is 3.35. The average Bonchev–Trinajstić information content (AvgIpc) is 3.24. The third kappa shape index (κ3) is 3.92. The molecule has 1 saturated carbocycles. The SMILES string of the molecule is COc1cc(C(F)(F)F)ccc1C(=O)N[C@H]1CCC[C@H]1N1CCCC1. The summed E-state index contributed by atoms with van der Waals surface area (Å²) in [5.41, 5.74) is -0.681. The van der Waals surface area contributed by atoms with Crippen LogP contribution in [0.5, 0.6) is 5.75 Å². The Morgan fingerprint density at radius 1 is 1.20 bits per heavy atom. The monoisotopic (exact) mass is 356 g/mol. The van der Waals surface area contributed by atoms with Crippen LogP contribution in [0.1, 0.15) is 48.0 Å². The lowest BCUT2D eigenvalue weighted by atomic mass is 10.1. The minimum Gasteiger partial charge on any atom is -0.496 e. The summed E-state index contributed by atoms with van der Waals surface area (Å²) in [5, 5.41) is 3.01. The molecule has 0 bridgehead atoms. The van der Waals surface area contributed by atoms with Gasteiger partial charge < -0.3 is 10.1 Å². The van der Waals surface area contributed by atoms with Crippen molar-refractivity contribution in [1.29, 1.82) is 0 Å². The zero-order chi connectivity index (χ0) is 18.0. The third-order valence-corrected chi connectivity index (χ3v) is 5.18. The van der Waals surface area contributed by atoms with E-state index in [-0.39, 0.29) is 23.3 Å². The van der Waals surface area contributed by atoms with Gasteiger partial charge in [0.05, 0.1) is 18.2 Å². The highest BCUT2D eigenvalue weighted by Crippen LogP contribution is 2.33. The molecule has 25 heavy (non-hydrogen) atoms. The quantitative estimate of drug-likeness (QED) is 0.898. The van der Waals surface area contributed by atoms with Gasteiger partial charge in [0, 0.05) is 12.1 Å². The molecular weight excluding hydrogens is 333 g/mol. The number of carbonyl (C=O) groups is 1. The number of likely N-dealkylation sites (tertiary alicyclic amines) is 1. The van der Waals surface area contributed by atoms with E-state index in [0.717, 1.165) is 44.5 Å². The Kier molecular flexibility index (Phi) is 5.22. The van der Waals surface area contributed by atoms with E-state index < -0.39 is 11.7 Å². The fraction of sp³-hybridized carbons (Fsp3) is 0.611. The number of halogens is 3. The van der Waals surface area contributed by atoms with Crippen LogP contribution in [-0.4, -0.2) is 43.1 Å². The molecule has 2 aliphatic rings. The van der Waals surface area contributed by atoms with Crippen molar-refractivity contribution in [2.75, 3.05) is 20.2 Å². The van der Waals surface area contributed by atoms with Crippen molar-refractivity contribution in [2.24, 2.45) is 0 Å². The van der Waals surface area contributed by atoms with Gasteiger partial charge in [0.15, 0.2) is 0 Å². The minimum absolute atomic E-state index is 0.0394. The van der Waals surface area contributed by atoms with E-state index in [1.54, 1.807) is 0 Å². The van der Waals surface area contributed by atoms with Crippen molar-refractivity contribution in [1.82, 2.24) is 10.2 Å². The number of hydrogen-bond donors (Lipinski definition) is 1. The van der Waals surface area contributed by atoms with Gasteiger partial charge in [0.2, 0.25) is 0 Å². The number of alkyl halides is 3. The highest BCUT2D eigenvalue weighted by Gasteiger charge is 2.35. The van der Waals surface area contributed by atoms with E-state index >= 15 is 0 Å². The van der Waals surface area contributed by atoms with Crippen LogP contribution in [0.4, 0.5) is 13.2 Å². The molecule has 0 spiro atoms. The molecule has 4 nitrogen and oxygen atoms in total. The van der Waals surface area contributed by atoms with Gasteiger partial charge in [0.1, 0.15) is 5.75 Å². The molecule has 1 heterocycles. The van der Waals surface area contributed by atoms with Crippen molar-refractivity contribution >= 4 is 5.91 Å². The molecule has 1 aliphatic heterocycles. The number of amides is 1. The molecule has 0 unspecified atom stereocenters. The maximum Gasteiger partial charge on any atom is 0.416 e. The van der Waals surface area contributed by atoms with Crippen LogP contribution in [0.15, 0.2) is 18.2 Å². The van der Waals surface area contributed by atoms with E-state index in [2.05, 4.69) is 10.2 Å². The molecular formula is C18H23F3N2O2. The highest BCUT2D eigenvalue weighted by molar-refractivity contribution is 5.97. The molecule has 1 saturated heterocycles. The molecule has 1 aromatic carbocycles. The number of benzene rings is 1. The summed E-state index contributed by atoms with van der Waals surface area (Å²) in [6.07, 6.45) is 0.906. The molecule has 7 heteroatoms. The number of carbonyl (C=O) groups excluding carboxylic acids is 1. The van der Waals surface area contributed by atoms with Crippen molar-refractivity contribution < 1.29 is 22.7 Å². The van der Waals surface area contributed by atoms with Crippen molar-refractivity contribution in [2.45, 2.75) is 50.4 Å². The first-order valence-corrected chi connectivity index (χ1v) is 8.70. The van der Waals surface area contributed by atoms with Gasteiger partial charge in [-0.2, -0.15) is 13.2 Å². The zero-order valence-electron chi connectivity index (χ0n) is 14.2. The van der Waals surface area contributed by atoms with Crippen LogP contribution in [0.25, 0.3) is 0 Å². The maximum atomic E-state index is 12.8. The van der Waals surface area contributed by atoms with Crippen LogP contribution in [0.2, 0.25) is 0 Å². The van der Waals surface area contributed by atoms with Crippen molar-refractivity contribution in [3.63, 3.8) is 0 Å². The molecule has 1 aromatic rings. The number of rotatable bonds is 4. The van der Waals surface area contributed by atoms with E-state index in [1.165, 1.54) is 26.0 Å². The molecule has 1 aliphatic carbocycles. The molecule has 3 rings (SSSR count). The van der Waals surface area contributed by atoms with Gasteiger partial charge in [0.25, 0.3) is 5.91 Å². The molecule has 138 valence electrons. The van der Waals surface area contributed by atoms with Gasteiger partial charge in [-0.25, -0.2) is 0 Å². The lowest BCUT2D eigenvalue weighted by Gasteiger charge is -2.29. The number of hydrogen-bond acceptors (Lipinski definition) is 3. The Hall–Kier alpha value is -1.76. The molecule has 2 fully saturated rings. The fourth-order valence-corrected chi connectivity index (χ4v) is 3.92. The van der Waals surface area contributed by atoms with Gasteiger partial charge in [-0.3, -0.25) is 9.69 Å². The first-order chi connectivity index (χ1) is 11.9. The van der Waals surface area contributed by atoms with Gasteiger partial charge in [-0.1, -0.05) is 0 Å². The molecule has 0 radical (unpaired) electrons.